The molecule has 6 nitrogen and oxygen atoms in total. The van der Waals surface area contributed by atoms with Crippen molar-refractivity contribution in [3.05, 3.63) is 35.9 Å². The van der Waals surface area contributed by atoms with Gasteiger partial charge in [-0.15, -0.1) is 24.0 Å². The number of benzene rings is 1. The van der Waals surface area contributed by atoms with Crippen LogP contribution in [0.3, 0.4) is 0 Å². The second-order valence-electron chi connectivity index (χ2n) is 7.32. The smallest absolute Gasteiger partial charge is 0.193 e. The standard InChI is InChI=1S/C18H30N4O2S.HI/c1-18(2)14-22(11-12-25(18,23)24)17(19-3)20-13-16(21(4)5)15-9-7-6-8-10-15;/h6-10,16H,11-14H2,1-5H3,(H,19,20);1H. The first kappa shape index (κ1) is 23.2. The van der Waals surface area contributed by atoms with Gasteiger partial charge in [0.15, 0.2) is 15.8 Å². The molecule has 1 aliphatic heterocycles. The third-order valence-electron chi connectivity index (χ3n) is 4.82. The fourth-order valence-corrected chi connectivity index (χ4v) is 4.48. The van der Waals surface area contributed by atoms with Crippen LogP contribution in [-0.4, -0.2) is 75.5 Å². The van der Waals surface area contributed by atoms with Gasteiger partial charge in [-0.2, -0.15) is 0 Å². The Hall–Kier alpha value is -0.870. The zero-order chi connectivity index (χ0) is 18.7. The highest BCUT2D eigenvalue weighted by molar-refractivity contribution is 14.0. The Morgan fingerprint density at radius 3 is 2.42 bits per heavy atom. The fourth-order valence-electron chi connectivity index (χ4n) is 3.12. The highest BCUT2D eigenvalue weighted by atomic mass is 127. The fraction of sp³-hybridized carbons (Fsp3) is 0.611. The summed E-state index contributed by atoms with van der Waals surface area (Å²) in [4.78, 5) is 8.58. The molecule has 1 unspecified atom stereocenters. The van der Waals surface area contributed by atoms with Crippen LogP contribution >= 0.6 is 24.0 Å². The van der Waals surface area contributed by atoms with Crippen LogP contribution < -0.4 is 5.32 Å². The molecule has 1 atom stereocenters. The van der Waals surface area contributed by atoms with Crippen LogP contribution in [0.4, 0.5) is 0 Å². The molecular formula is C18H31IN4O2S. The molecule has 2 rings (SSSR count). The Morgan fingerprint density at radius 1 is 1.31 bits per heavy atom. The molecule has 26 heavy (non-hydrogen) atoms. The summed E-state index contributed by atoms with van der Waals surface area (Å²) in [7, 11) is 2.79. The van der Waals surface area contributed by atoms with Gasteiger partial charge in [-0.05, 0) is 33.5 Å². The minimum absolute atomic E-state index is 0. The predicted molar refractivity (Wildman–Crippen MR) is 119 cm³/mol. The minimum atomic E-state index is -3.06. The van der Waals surface area contributed by atoms with E-state index in [2.05, 4.69) is 41.4 Å². The maximum absolute atomic E-state index is 12.2. The van der Waals surface area contributed by atoms with Gasteiger partial charge in [-0.25, -0.2) is 8.42 Å². The van der Waals surface area contributed by atoms with Gasteiger partial charge in [0.05, 0.1) is 16.5 Å². The molecule has 0 aliphatic carbocycles. The lowest BCUT2D eigenvalue weighted by Crippen LogP contribution is -2.57. The van der Waals surface area contributed by atoms with Gasteiger partial charge in [-0.3, -0.25) is 4.99 Å². The van der Waals surface area contributed by atoms with Crippen molar-refractivity contribution in [2.75, 3.05) is 46.5 Å². The number of aliphatic imine (C=N–C) groups is 1. The maximum Gasteiger partial charge on any atom is 0.193 e. The summed E-state index contributed by atoms with van der Waals surface area (Å²) in [6.45, 7) is 5.20. The van der Waals surface area contributed by atoms with E-state index in [-0.39, 0.29) is 35.8 Å². The molecule has 1 aliphatic rings. The molecule has 0 spiro atoms. The average Bonchev–Trinajstić information content (AvgIpc) is 2.55. The number of hydrogen-bond acceptors (Lipinski definition) is 4. The number of likely N-dealkylation sites (N-methyl/N-ethyl adjacent to an activating group) is 1. The Balaban J connectivity index is 0.00000338. The van der Waals surface area contributed by atoms with Crippen molar-refractivity contribution in [2.45, 2.75) is 24.6 Å². The van der Waals surface area contributed by atoms with Crippen molar-refractivity contribution < 1.29 is 8.42 Å². The first-order valence-electron chi connectivity index (χ1n) is 8.57. The normalized spacial score (nSPS) is 20.4. The molecule has 1 aromatic rings. The first-order chi connectivity index (χ1) is 11.7. The summed E-state index contributed by atoms with van der Waals surface area (Å²) in [5.41, 5.74) is 1.23. The number of halogens is 1. The van der Waals surface area contributed by atoms with Gasteiger partial charge >= 0.3 is 0 Å². The van der Waals surface area contributed by atoms with E-state index in [0.717, 1.165) is 5.96 Å². The Kier molecular flexibility index (Phi) is 8.34. The molecule has 148 valence electrons. The van der Waals surface area contributed by atoms with E-state index in [1.807, 2.05) is 23.1 Å². The topological polar surface area (TPSA) is 65.0 Å². The molecule has 1 fully saturated rings. The van der Waals surface area contributed by atoms with E-state index >= 15 is 0 Å². The van der Waals surface area contributed by atoms with E-state index in [0.29, 0.717) is 19.6 Å². The molecule has 1 aromatic carbocycles. The number of rotatable bonds is 4. The third kappa shape index (κ3) is 5.32. The van der Waals surface area contributed by atoms with E-state index in [9.17, 15) is 8.42 Å². The van der Waals surface area contributed by atoms with Crippen molar-refractivity contribution in [1.82, 2.24) is 15.1 Å². The van der Waals surface area contributed by atoms with Gasteiger partial charge in [0.2, 0.25) is 0 Å². The summed E-state index contributed by atoms with van der Waals surface area (Å²) in [5.74, 6) is 0.919. The molecule has 0 aromatic heterocycles. The van der Waals surface area contributed by atoms with Crippen LogP contribution in [0.2, 0.25) is 0 Å². The number of sulfone groups is 1. The highest BCUT2D eigenvalue weighted by Crippen LogP contribution is 2.24. The van der Waals surface area contributed by atoms with Gasteiger partial charge in [0.1, 0.15) is 0 Å². The molecule has 0 bridgehead atoms. The maximum atomic E-state index is 12.2. The predicted octanol–water partition coefficient (Wildman–Crippen LogP) is 1.99. The van der Waals surface area contributed by atoms with Crippen molar-refractivity contribution in [3.8, 4) is 0 Å². The van der Waals surface area contributed by atoms with Crippen molar-refractivity contribution >= 4 is 39.8 Å². The molecule has 0 radical (unpaired) electrons. The number of hydrogen-bond donors (Lipinski definition) is 1. The molecular weight excluding hydrogens is 463 g/mol. The second-order valence-corrected chi connectivity index (χ2v) is 10.1. The minimum Gasteiger partial charge on any atom is -0.354 e. The van der Waals surface area contributed by atoms with Gasteiger partial charge in [-0.1, -0.05) is 30.3 Å². The summed E-state index contributed by atoms with van der Waals surface area (Å²) < 4.78 is 23.7. The van der Waals surface area contributed by atoms with Gasteiger partial charge in [0.25, 0.3) is 0 Å². The summed E-state index contributed by atoms with van der Waals surface area (Å²) in [6.07, 6.45) is 0. The highest BCUT2D eigenvalue weighted by Gasteiger charge is 2.41. The lowest BCUT2D eigenvalue weighted by molar-refractivity contribution is 0.291. The average molecular weight is 494 g/mol. The van der Waals surface area contributed by atoms with Gasteiger partial charge in [0, 0.05) is 26.7 Å². The lowest BCUT2D eigenvalue weighted by atomic mass is 10.1. The van der Waals surface area contributed by atoms with Crippen molar-refractivity contribution in [1.29, 1.82) is 0 Å². The van der Waals surface area contributed by atoms with E-state index in [1.165, 1.54) is 5.56 Å². The first-order valence-corrected chi connectivity index (χ1v) is 10.2. The zero-order valence-corrected chi connectivity index (χ0v) is 19.4. The van der Waals surface area contributed by atoms with Crippen LogP contribution in [0.25, 0.3) is 0 Å². The monoisotopic (exact) mass is 494 g/mol. The summed E-state index contributed by atoms with van der Waals surface area (Å²) in [6, 6.07) is 10.5. The Morgan fingerprint density at radius 2 is 1.92 bits per heavy atom. The van der Waals surface area contributed by atoms with Crippen LogP contribution in [0.15, 0.2) is 35.3 Å². The van der Waals surface area contributed by atoms with Gasteiger partial charge < -0.3 is 15.1 Å². The SMILES string of the molecule is CN=C(NCC(c1ccccc1)N(C)C)N1CCS(=O)(=O)C(C)(C)C1.I. The molecule has 1 N–H and O–H groups in total. The summed E-state index contributed by atoms with van der Waals surface area (Å²) in [5, 5.41) is 3.42. The molecule has 1 saturated heterocycles. The van der Waals surface area contributed by atoms with Crippen LogP contribution in [0.1, 0.15) is 25.5 Å². The number of guanidine groups is 1. The number of nitrogens with zero attached hydrogens (tertiary/aromatic N) is 3. The Bertz CT molecular complexity index is 705. The number of nitrogens with one attached hydrogen (secondary N) is 1. The quantitative estimate of drug-likeness (QED) is 0.394. The molecule has 1 heterocycles. The molecule has 0 saturated carbocycles. The van der Waals surface area contributed by atoms with Crippen LogP contribution in [0, 0.1) is 0 Å². The second kappa shape index (κ2) is 9.36. The van der Waals surface area contributed by atoms with Crippen molar-refractivity contribution in [3.63, 3.8) is 0 Å². The van der Waals surface area contributed by atoms with Crippen molar-refractivity contribution in [2.24, 2.45) is 4.99 Å². The molecule has 8 heteroatoms. The molecule has 0 amide bonds. The van der Waals surface area contributed by atoms with E-state index in [4.69, 9.17) is 0 Å². The third-order valence-corrected chi connectivity index (χ3v) is 7.35. The largest absolute Gasteiger partial charge is 0.354 e. The van der Waals surface area contributed by atoms with E-state index in [1.54, 1.807) is 20.9 Å². The van der Waals surface area contributed by atoms with Crippen LogP contribution in [0.5, 0.6) is 0 Å². The van der Waals surface area contributed by atoms with Crippen LogP contribution in [-0.2, 0) is 9.84 Å². The summed E-state index contributed by atoms with van der Waals surface area (Å²) >= 11 is 0. The lowest BCUT2D eigenvalue weighted by Gasteiger charge is -2.39. The zero-order valence-electron chi connectivity index (χ0n) is 16.3. The van der Waals surface area contributed by atoms with E-state index < -0.39 is 14.6 Å². The Labute approximate surface area is 175 Å².